The van der Waals surface area contributed by atoms with Gasteiger partial charge in [-0.25, -0.2) is 12.8 Å². The summed E-state index contributed by atoms with van der Waals surface area (Å²) in [5.41, 5.74) is 5.65. The molecule has 19 heavy (non-hydrogen) atoms. The van der Waals surface area contributed by atoms with E-state index >= 15 is 0 Å². The number of nitrogen functional groups attached to an aromatic ring is 1. The Balaban J connectivity index is 2.44. The fraction of sp³-hybridized carbons (Fsp3) is 0. The van der Waals surface area contributed by atoms with E-state index in [2.05, 4.69) is 9.71 Å². The molecule has 0 fully saturated rings. The zero-order valence-electron chi connectivity index (χ0n) is 9.47. The number of nitrogens with zero attached hydrogens (tertiary/aromatic N) is 1. The predicted molar refractivity (Wildman–Crippen MR) is 70.9 cm³/mol. The Bertz CT molecular complexity index is 722. The number of hydrogen-bond donors (Lipinski definition) is 2. The fourth-order valence-corrected chi connectivity index (χ4v) is 2.76. The summed E-state index contributed by atoms with van der Waals surface area (Å²) in [7, 11) is -4.12. The monoisotopic (exact) mass is 301 g/mol. The fourth-order valence-electron chi connectivity index (χ4n) is 1.38. The number of rotatable bonds is 3. The molecule has 0 aliphatic heterocycles. The number of benzene rings is 1. The number of pyridine rings is 1. The first kappa shape index (κ1) is 13.6. The van der Waals surface area contributed by atoms with Gasteiger partial charge in [-0.3, -0.25) is 9.71 Å². The lowest BCUT2D eigenvalue weighted by molar-refractivity contribution is 0.570. The SMILES string of the molecule is Nc1ccc(F)c(S(=O)(=O)Nc2cnccc2Cl)c1. The first-order chi connectivity index (χ1) is 8.90. The maximum Gasteiger partial charge on any atom is 0.264 e. The lowest BCUT2D eigenvalue weighted by atomic mass is 10.3. The number of sulfonamides is 1. The highest BCUT2D eigenvalue weighted by atomic mass is 35.5. The summed E-state index contributed by atoms with van der Waals surface area (Å²) < 4.78 is 39.8. The zero-order valence-corrected chi connectivity index (χ0v) is 11.0. The van der Waals surface area contributed by atoms with Crippen molar-refractivity contribution in [2.45, 2.75) is 4.90 Å². The number of nitrogens with one attached hydrogen (secondary N) is 1. The van der Waals surface area contributed by atoms with Gasteiger partial charge >= 0.3 is 0 Å². The molecule has 1 heterocycles. The van der Waals surface area contributed by atoms with Gasteiger partial charge in [-0.05, 0) is 24.3 Å². The summed E-state index contributed by atoms with van der Waals surface area (Å²) in [6.45, 7) is 0. The summed E-state index contributed by atoms with van der Waals surface area (Å²) in [6, 6.07) is 4.69. The van der Waals surface area contributed by atoms with Crippen molar-refractivity contribution in [1.29, 1.82) is 0 Å². The van der Waals surface area contributed by atoms with Gasteiger partial charge in [0.05, 0.1) is 16.9 Å². The molecule has 0 radical (unpaired) electrons. The molecule has 1 aromatic carbocycles. The van der Waals surface area contributed by atoms with Crippen LogP contribution in [0.1, 0.15) is 0 Å². The third-order valence-electron chi connectivity index (χ3n) is 2.26. The van der Waals surface area contributed by atoms with Gasteiger partial charge in [-0.15, -0.1) is 0 Å². The van der Waals surface area contributed by atoms with Crippen LogP contribution in [0.2, 0.25) is 5.02 Å². The molecule has 0 unspecified atom stereocenters. The first-order valence-electron chi connectivity index (χ1n) is 5.07. The topological polar surface area (TPSA) is 85.1 Å². The van der Waals surface area contributed by atoms with Gasteiger partial charge in [-0.1, -0.05) is 11.6 Å². The Kier molecular flexibility index (Phi) is 3.59. The number of halogens is 2. The van der Waals surface area contributed by atoms with Crippen molar-refractivity contribution in [3.8, 4) is 0 Å². The van der Waals surface area contributed by atoms with Crippen LogP contribution in [0.15, 0.2) is 41.6 Å². The normalized spacial score (nSPS) is 11.3. The lowest BCUT2D eigenvalue weighted by Gasteiger charge is -2.10. The van der Waals surface area contributed by atoms with Crippen LogP contribution in [0.25, 0.3) is 0 Å². The average Bonchev–Trinajstić information content (AvgIpc) is 2.35. The summed E-state index contributed by atoms with van der Waals surface area (Å²) in [6.07, 6.45) is 2.63. The van der Waals surface area contributed by atoms with Gasteiger partial charge < -0.3 is 5.73 Å². The van der Waals surface area contributed by atoms with Crippen LogP contribution in [-0.2, 0) is 10.0 Å². The average molecular weight is 302 g/mol. The van der Waals surface area contributed by atoms with Crippen molar-refractivity contribution in [1.82, 2.24) is 4.98 Å². The Morgan fingerprint density at radius 2 is 2.05 bits per heavy atom. The molecule has 0 aliphatic rings. The summed E-state index contributed by atoms with van der Waals surface area (Å²) in [5, 5.41) is 0.155. The molecular weight excluding hydrogens is 293 g/mol. The second kappa shape index (κ2) is 5.02. The van der Waals surface area contributed by atoms with Gasteiger partial charge in [0.1, 0.15) is 10.7 Å². The van der Waals surface area contributed by atoms with E-state index in [1.807, 2.05) is 0 Å². The van der Waals surface area contributed by atoms with E-state index in [1.165, 1.54) is 24.5 Å². The van der Waals surface area contributed by atoms with Crippen LogP contribution in [0, 0.1) is 5.82 Å². The van der Waals surface area contributed by atoms with Gasteiger partial charge in [-0.2, -0.15) is 0 Å². The van der Waals surface area contributed by atoms with E-state index < -0.39 is 20.7 Å². The Labute approximate surface area is 114 Å². The summed E-state index contributed by atoms with van der Waals surface area (Å²) in [4.78, 5) is 3.18. The van der Waals surface area contributed by atoms with E-state index in [4.69, 9.17) is 17.3 Å². The van der Waals surface area contributed by atoms with Crippen LogP contribution in [0.5, 0.6) is 0 Å². The van der Waals surface area contributed by atoms with Crippen molar-refractivity contribution in [3.05, 3.63) is 47.5 Å². The van der Waals surface area contributed by atoms with Crippen molar-refractivity contribution in [3.63, 3.8) is 0 Å². The molecule has 0 saturated heterocycles. The molecular formula is C11H9ClFN3O2S. The highest BCUT2D eigenvalue weighted by Gasteiger charge is 2.20. The molecule has 2 aromatic rings. The van der Waals surface area contributed by atoms with Gasteiger partial charge in [0.2, 0.25) is 0 Å². The maximum atomic E-state index is 13.5. The molecule has 2 rings (SSSR count). The minimum atomic E-state index is -4.12. The predicted octanol–water partition coefficient (Wildman–Crippen LogP) is 2.26. The minimum absolute atomic E-state index is 0.0611. The van der Waals surface area contributed by atoms with Crippen molar-refractivity contribution < 1.29 is 12.8 Å². The molecule has 100 valence electrons. The molecule has 0 saturated carbocycles. The lowest BCUT2D eigenvalue weighted by Crippen LogP contribution is -2.15. The molecule has 1 aromatic heterocycles. The standard InChI is InChI=1S/C11H9ClFN3O2S/c12-8-3-4-15-6-10(8)16-19(17,18)11-5-7(14)1-2-9(11)13/h1-6,16H,14H2. The first-order valence-corrected chi connectivity index (χ1v) is 6.93. The maximum absolute atomic E-state index is 13.5. The van der Waals surface area contributed by atoms with E-state index in [-0.39, 0.29) is 16.4 Å². The largest absolute Gasteiger partial charge is 0.399 e. The van der Waals surface area contributed by atoms with E-state index in [9.17, 15) is 12.8 Å². The van der Waals surface area contributed by atoms with Crippen molar-refractivity contribution in [2.24, 2.45) is 0 Å². The third-order valence-corrected chi connectivity index (χ3v) is 3.97. The molecule has 8 heteroatoms. The quantitative estimate of drug-likeness (QED) is 0.852. The molecule has 0 spiro atoms. The van der Waals surface area contributed by atoms with E-state index in [0.29, 0.717) is 0 Å². The number of hydrogen-bond acceptors (Lipinski definition) is 4. The highest BCUT2D eigenvalue weighted by molar-refractivity contribution is 7.92. The number of anilines is 2. The van der Waals surface area contributed by atoms with Crippen LogP contribution >= 0.6 is 11.6 Å². The molecule has 0 atom stereocenters. The van der Waals surface area contributed by atoms with Gasteiger partial charge in [0.25, 0.3) is 10.0 Å². The molecule has 0 aliphatic carbocycles. The minimum Gasteiger partial charge on any atom is -0.399 e. The summed E-state index contributed by atoms with van der Waals surface area (Å²) >= 11 is 5.80. The second-order valence-electron chi connectivity index (χ2n) is 3.65. The van der Waals surface area contributed by atoms with Gasteiger partial charge in [0.15, 0.2) is 0 Å². The Morgan fingerprint density at radius 1 is 1.32 bits per heavy atom. The van der Waals surface area contributed by atoms with E-state index in [1.54, 1.807) is 0 Å². The van der Waals surface area contributed by atoms with Crippen molar-refractivity contribution >= 4 is 33.0 Å². The van der Waals surface area contributed by atoms with Crippen LogP contribution in [-0.4, -0.2) is 13.4 Å². The smallest absolute Gasteiger partial charge is 0.264 e. The third kappa shape index (κ3) is 2.94. The molecule has 3 N–H and O–H groups in total. The zero-order chi connectivity index (χ0) is 14.0. The number of nitrogens with two attached hydrogens (primary N) is 1. The van der Waals surface area contributed by atoms with Gasteiger partial charge in [0, 0.05) is 11.9 Å². The second-order valence-corrected chi connectivity index (χ2v) is 5.71. The van der Waals surface area contributed by atoms with E-state index in [0.717, 1.165) is 12.1 Å². The Morgan fingerprint density at radius 3 is 2.74 bits per heavy atom. The van der Waals surface area contributed by atoms with Crippen LogP contribution < -0.4 is 10.5 Å². The Hall–Kier alpha value is -1.86. The molecule has 0 amide bonds. The van der Waals surface area contributed by atoms with Crippen molar-refractivity contribution in [2.75, 3.05) is 10.5 Å². The summed E-state index contributed by atoms with van der Waals surface area (Å²) in [5.74, 6) is -0.901. The van der Waals surface area contributed by atoms with Crippen LogP contribution in [0.4, 0.5) is 15.8 Å². The number of aromatic nitrogens is 1. The molecule has 0 bridgehead atoms. The highest BCUT2D eigenvalue weighted by Crippen LogP contribution is 2.25. The molecule has 5 nitrogen and oxygen atoms in total. The van der Waals surface area contributed by atoms with Crippen LogP contribution in [0.3, 0.4) is 0 Å².